The molecular weight excluding hydrogens is 390 g/mol. The summed E-state index contributed by atoms with van der Waals surface area (Å²) in [5.41, 5.74) is -0.540. The molecule has 1 N–H and O–H groups in total. The van der Waals surface area contributed by atoms with Crippen LogP contribution in [0, 0.1) is 5.41 Å². The number of unbranched alkanes of at least 4 members (excludes halogenated alkanes) is 4. The van der Waals surface area contributed by atoms with Crippen molar-refractivity contribution in [1.29, 1.82) is 0 Å². The highest BCUT2D eigenvalue weighted by molar-refractivity contribution is 5.75. The van der Waals surface area contributed by atoms with Crippen molar-refractivity contribution in [2.75, 3.05) is 33.9 Å². The van der Waals surface area contributed by atoms with Crippen molar-refractivity contribution >= 4 is 11.9 Å². The first kappa shape index (κ1) is 25.0. The highest BCUT2D eigenvalue weighted by atomic mass is 16.7. The minimum Gasteiger partial charge on any atom is -0.480 e. The number of aliphatic carboxylic acids is 1. The van der Waals surface area contributed by atoms with Gasteiger partial charge in [-0.1, -0.05) is 32.6 Å². The fourth-order valence-electron chi connectivity index (χ4n) is 3.86. The Morgan fingerprint density at radius 2 is 1.77 bits per heavy atom. The summed E-state index contributed by atoms with van der Waals surface area (Å²) in [5.74, 6) is -1.81. The molecule has 0 aromatic carbocycles. The molecule has 0 amide bonds. The summed E-state index contributed by atoms with van der Waals surface area (Å²) in [7, 11) is 3.45. The zero-order valence-electron chi connectivity index (χ0n) is 19.1. The predicted molar refractivity (Wildman–Crippen MR) is 111 cm³/mol. The van der Waals surface area contributed by atoms with Crippen molar-refractivity contribution in [2.24, 2.45) is 5.41 Å². The van der Waals surface area contributed by atoms with E-state index in [0.29, 0.717) is 26.1 Å². The van der Waals surface area contributed by atoms with E-state index in [9.17, 15) is 14.7 Å². The highest BCUT2D eigenvalue weighted by Gasteiger charge is 2.54. The normalized spacial score (nSPS) is 25.7. The zero-order chi connectivity index (χ0) is 22.4. The van der Waals surface area contributed by atoms with Gasteiger partial charge in [0.15, 0.2) is 5.79 Å². The molecule has 3 unspecified atom stereocenters. The van der Waals surface area contributed by atoms with Crippen LogP contribution in [0.5, 0.6) is 0 Å². The van der Waals surface area contributed by atoms with Gasteiger partial charge in [-0.2, -0.15) is 0 Å². The molecule has 8 nitrogen and oxygen atoms in total. The van der Waals surface area contributed by atoms with Gasteiger partial charge in [-0.15, -0.1) is 0 Å². The van der Waals surface area contributed by atoms with Gasteiger partial charge in [0.05, 0.1) is 24.7 Å². The number of rotatable bonds is 13. The van der Waals surface area contributed by atoms with Gasteiger partial charge in [-0.05, 0) is 40.8 Å². The molecule has 0 bridgehead atoms. The van der Waals surface area contributed by atoms with Crippen molar-refractivity contribution < 1.29 is 33.6 Å². The number of hydrogen-bond acceptors (Lipinski definition) is 7. The van der Waals surface area contributed by atoms with Crippen molar-refractivity contribution in [3.8, 4) is 0 Å². The molecule has 3 atom stereocenters. The van der Waals surface area contributed by atoms with Crippen LogP contribution in [0.25, 0.3) is 0 Å². The number of likely N-dealkylation sites (N-methyl/N-ethyl adjacent to an activating group) is 1. The summed E-state index contributed by atoms with van der Waals surface area (Å²) in [4.78, 5) is 25.4. The number of epoxide rings is 1. The van der Waals surface area contributed by atoms with E-state index in [1.165, 1.54) is 12.8 Å². The van der Waals surface area contributed by atoms with Crippen LogP contribution in [0.4, 0.5) is 0 Å². The molecule has 174 valence electrons. The average molecular weight is 430 g/mol. The number of hydrogen-bond donors (Lipinski definition) is 1. The first-order valence-electron chi connectivity index (χ1n) is 11.1. The maximum absolute atomic E-state index is 12.2. The second kappa shape index (κ2) is 10.9. The van der Waals surface area contributed by atoms with Gasteiger partial charge in [0, 0.05) is 6.42 Å². The third-order valence-corrected chi connectivity index (χ3v) is 5.85. The number of esters is 1. The van der Waals surface area contributed by atoms with Crippen LogP contribution in [-0.4, -0.2) is 79.9 Å². The molecule has 0 aromatic rings. The Bertz CT molecular complexity index is 568. The van der Waals surface area contributed by atoms with Crippen LogP contribution in [-0.2, 0) is 28.5 Å². The van der Waals surface area contributed by atoms with Crippen LogP contribution < -0.4 is 0 Å². The minimum atomic E-state index is -0.909. The number of nitrogens with zero attached hydrogens (tertiary/aromatic N) is 1. The van der Waals surface area contributed by atoms with Crippen molar-refractivity contribution in [2.45, 2.75) is 89.8 Å². The Morgan fingerprint density at radius 1 is 1.13 bits per heavy atom. The molecule has 8 heteroatoms. The Morgan fingerprint density at radius 3 is 2.33 bits per heavy atom. The number of ether oxygens (including phenoxy) is 4. The lowest BCUT2D eigenvalue weighted by atomic mass is 9.83. The van der Waals surface area contributed by atoms with E-state index in [4.69, 9.17) is 18.9 Å². The molecule has 0 spiro atoms. The van der Waals surface area contributed by atoms with E-state index in [-0.39, 0.29) is 18.7 Å². The van der Waals surface area contributed by atoms with E-state index in [1.54, 1.807) is 19.0 Å². The molecule has 2 aliphatic rings. The van der Waals surface area contributed by atoms with Gasteiger partial charge in [-0.25, -0.2) is 0 Å². The standard InChI is InChI=1S/C22H39NO7/c1-6-7-8-9-10-11-17(24)27-13-22(14-28-21(2,3)29-15-22)12-16-19(30-16)18(20(25)26)23(4)5/h16,18-19H,6-15H2,1-5H3,(H,25,26). The lowest BCUT2D eigenvalue weighted by Crippen LogP contribution is -2.50. The van der Waals surface area contributed by atoms with Crippen LogP contribution in [0.2, 0.25) is 0 Å². The third kappa shape index (κ3) is 7.48. The summed E-state index contributed by atoms with van der Waals surface area (Å²) in [6.07, 6.45) is 5.69. The molecule has 2 rings (SSSR count). The Hall–Kier alpha value is -1.22. The van der Waals surface area contributed by atoms with E-state index >= 15 is 0 Å². The maximum atomic E-state index is 12.2. The van der Waals surface area contributed by atoms with E-state index in [1.807, 2.05) is 13.8 Å². The fourth-order valence-corrected chi connectivity index (χ4v) is 3.86. The van der Waals surface area contributed by atoms with Crippen LogP contribution in [0.3, 0.4) is 0 Å². The van der Waals surface area contributed by atoms with Gasteiger partial charge in [0.25, 0.3) is 0 Å². The van der Waals surface area contributed by atoms with Crippen LogP contribution in [0.15, 0.2) is 0 Å². The molecule has 0 aliphatic carbocycles. The van der Waals surface area contributed by atoms with Gasteiger partial charge >= 0.3 is 11.9 Å². The third-order valence-electron chi connectivity index (χ3n) is 5.85. The van der Waals surface area contributed by atoms with E-state index in [2.05, 4.69) is 6.92 Å². The average Bonchev–Trinajstić information content (AvgIpc) is 3.39. The molecule has 2 aliphatic heterocycles. The smallest absolute Gasteiger partial charge is 0.323 e. The van der Waals surface area contributed by atoms with Crippen molar-refractivity contribution in [1.82, 2.24) is 4.90 Å². The van der Waals surface area contributed by atoms with E-state index < -0.39 is 29.3 Å². The quantitative estimate of drug-likeness (QED) is 0.271. The van der Waals surface area contributed by atoms with Gasteiger partial charge in [0.1, 0.15) is 18.8 Å². The second-order valence-electron chi connectivity index (χ2n) is 9.39. The lowest BCUT2D eigenvalue weighted by Gasteiger charge is -2.43. The summed E-state index contributed by atoms with van der Waals surface area (Å²) in [6, 6.07) is -0.709. The van der Waals surface area contributed by atoms with Crippen LogP contribution in [0.1, 0.15) is 65.7 Å². The zero-order valence-corrected chi connectivity index (χ0v) is 19.1. The molecule has 30 heavy (non-hydrogen) atoms. The Kier molecular flexibility index (Phi) is 9.09. The van der Waals surface area contributed by atoms with Crippen LogP contribution >= 0.6 is 0 Å². The summed E-state index contributed by atoms with van der Waals surface area (Å²) in [5, 5.41) is 9.48. The summed E-state index contributed by atoms with van der Waals surface area (Å²) < 4.78 is 23.0. The Labute approximate surface area is 180 Å². The van der Waals surface area contributed by atoms with Crippen molar-refractivity contribution in [3.63, 3.8) is 0 Å². The van der Waals surface area contributed by atoms with E-state index in [0.717, 1.165) is 19.3 Å². The summed E-state index contributed by atoms with van der Waals surface area (Å²) in [6.45, 7) is 6.79. The van der Waals surface area contributed by atoms with Gasteiger partial charge in [0.2, 0.25) is 0 Å². The molecule has 0 aromatic heterocycles. The van der Waals surface area contributed by atoms with Gasteiger partial charge < -0.3 is 24.1 Å². The Balaban J connectivity index is 1.90. The van der Waals surface area contributed by atoms with Crippen molar-refractivity contribution in [3.05, 3.63) is 0 Å². The minimum absolute atomic E-state index is 0.184. The SMILES string of the molecule is CCCCCCCC(=O)OCC1(CC2OC2C(C(=O)O)N(C)C)COC(C)(C)OC1. The number of carboxylic acid groups (broad SMARTS) is 1. The first-order valence-corrected chi connectivity index (χ1v) is 11.1. The second-order valence-corrected chi connectivity index (χ2v) is 9.39. The number of carbonyl (C=O) groups is 2. The molecule has 2 fully saturated rings. The number of carboxylic acids is 1. The highest BCUT2D eigenvalue weighted by Crippen LogP contribution is 2.41. The predicted octanol–water partition coefficient (Wildman–Crippen LogP) is 2.83. The summed E-state index contributed by atoms with van der Waals surface area (Å²) >= 11 is 0. The monoisotopic (exact) mass is 429 g/mol. The maximum Gasteiger partial charge on any atom is 0.323 e. The van der Waals surface area contributed by atoms with Gasteiger partial charge in [-0.3, -0.25) is 14.5 Å². The largest absolute Gasteiger partial charge is 0.480 e. The first-order chi connectivity index (χ1) is 14.1. The fraction of sp³-hybridized carbons (Fsp3) is 0.909. The molecule has 0 saturated carbocycles. The molecule has 2 saturated heterocycles. The lowest BCUT2D eigenvalue weighted by molar-refractivity contribution is -0.292. The number of carbonyl (C=O) groups excluding carboxylic acids is 1. The molecule has 0 radical (unpaired) electrons. The molecule has 2 heterocycles. The topological polar surface area (TPSA) is 97.8 Å². The molecular formula is C22H39NO7.